The molecule has 1 fully saturated rings. The molecule has 6 heteroatoms. The van der Waals surface area contributed by atoms with Gasteiger partial charge in [0.1, 0.15) is 5.82 Å². The molecular formula is C8H13N5O. The number of anilines is 2. The Kier molecular flexibility index (Phi) is 2.36. The third kappa shape index (κ3) is 1.69. The number of nitrogen functional groups attached to an aromatic ring is 1. The van der Waals surface area contributed by atoms with Crippen molar-refractivity contribution in [3.8, 4) is 0 Å². The maximum Gasteiger partial charge on any atom is 0.346 e. The Labute approximate surface area is 81.1 Å². The van der Waals surface area contributed by atoms with Crippen molar-refractivity contribution in [3.63, 3.8) is 0 Å². The lowest BCUT2D eigenvalue weighted by Gasteiger charge is -2.29. The molecule has 4 N–H and O–H groups in total. The van der Waals surface area contributed by atoms with Gasteiger partial charge in [-0.25, -0.2) is 4.79 Å². The quantitative estimate of drug-likeness (QED) is 0.522. The lowest BCUT2D eigenvalue weighted by atomic mass is 10.3. The summed E-state index contributed by atoms with van der Waals surface area (Å²) in [7, 11) is 0. The van der Waals surface area contributed by atoms with Gasteiger partial charge in [-0.05, 0) is 0 Å². The first-order valence-corrected chi connectivity index (χ1v) is 4.58. The van der Waals surface area contributed by atoms with Crippen molar-refractivity contribution in [2.45, 2.75) is 0 Å². The van der Waals surface area contributed by atoms with Crippen molar-refractivity contribution in [2.75, 3.05) is 36.8 Å². The summed E-state index contributed by atoms with van der Waals surface area (Å²) in [6, 6.07) is 0. The summed E-state index contributed by atoms with van der Waals surface area (Å²) < 4.78 is 0. The summed E-state index contributed by atoms with van der Waals surface area (Å²) in [5.41, 5.74) is 6.10. The lowest BCUT2D eigenvalue weighted by Crippen LogP contribution is -2.44. The van der Waals surface area contributed by atoms with Crippen LogP contribution in [0.2, 0.25) is 0 Å². The molecule has 0 saturated carbocycles. The molecule has 2 heterocycles. The number of hydrogen-bond donors (Lipinski definition) is 3. The summed E-state index contributed by atoms with van der Waals surface area (Å²) in [5.74, 6) is 0.395. The van der Waals surface area contributed by atoms with Gasteiger partial charge in [0.25, 0.3) is 0 Å². The highest BCUT2D eigenvalue weighted by atomic mass is 16.1. The van der Waals surface area contributed by atoms with Crippen molar-refractivity contribution in [1.82, 2.24) is 15.3 Å². The largest absolute Gasteiger partial charge is 0.383 e. The highest BCUT2D eigenvalue weighted by molar-refractivity contribution is 5.61. The second-order valence-corrected chi connectivity index (χ2v) is 3.22. The van der Waals surface area contributed by atoms with E-state index < -0.39 is 5.69 Å². The summed E-state index contributed by atoms with van der Waals surface area (Å²) in [5, 5.41) is 3.24. The molecule has 1 aliphatic rings. The van der Waals surface area contributed by atoms with E-state index in [4.69, 9.17) is 5.73 Å². The molecule has 6 nitrogen and oxygen atoms in total. The summed E-state index contributed by atoms with van der Waals surface area (Å²) in [6.45, 7) is 3.63. The van der Waals surface area contributed by atoms with E-state index in [2.05, 4.69) is 20.2 Å². The fraction of sp³-hybridized carbons (Fsp3) is 0.500. The van der Waals surface area contributed by atoms with E-state index in [-0.39, 0.29) is 0 Å². The van der Waals surface area contributed by atoms with E-state index in [1.165, 1.54) is 6.20 Å². The molecular weight excluding hydrogens is 182 g/mol. The first-order valence-electron chi connectivity index (χ1n) is 4.58. The smallest absolute Gasteiger partial charge is 0.346 e. The normalized spacial score (nSPS) is 17.0. The molecule has 0 amide bonds. The van der Waals surface area contributed by atoms with Crippen LogP contribution in [0.15, 0.2) is 11.0 Å². The van der Waals surface area contributed by atoms with Gasteiger partial charge in [-0.15, -0.1) is 0 Å². The van der Waals surface area contributed by atoms with Crippen molar-refractivity contribution < 1.29 is 0 Å². The van der Waals surface area contributed by atoms with Crippen molar-refractivity contribution >= 4 is 11.5 Å². The van der Waals surface area contributed by atoms with Crippen LogP contribution in [-0.4, -0.2) is 36.1 Å². The van der Waals surface area contributed by atoms with Gasteiger partial charge in [-0.3, -0.25) is 4.98 Å². The van der Waals surface area contributed by atoms with Gasteiger partial charge in [-0.2, -0.15) is 4.98 Å². The third-order valence-corrected chi connectivity index (χ3v) is 2.28. The number of aromatic amines is 1. The molecule has 0 bridgehead atoms. The monoisotopic (exact) mass is 195 g/mol. The third-order valence-electron chi connectivity index (χ3n) is 2.28. The number of H-pyrrole nitrogens is 1. The van der Waals surface area contributed by atoms with Gasteiger partial charge in [0.05, 0.1) is 11.9 Å². The highest BCUT2D eigenvalue weighted by Crippen LogP contribution is 2.17. The summed E-state index contributed by atoms with van der Waals surface area (Å²) >= 11 is 0. The number of nitrogens with zero attached hydrogens (tertiary/aromatic N) is 2. The van der Waals surface area contributed by atoms with E-state index in [9.17, 15) is 4.79 Å². The molecule has 1 saturated heterocycles. The van der Waals surface area contributed by atoms with Crippen LogP contribution >= 0.6 is 0 Å². The van der Waals surface area contributed by atoms with Crippen LogP contribution in [0, 0.1) is 0 Å². The van der Waals surface area contributed by atoms with Gasteiger partial charge < -0.3 is 16.0 Å². The van der Waals surface area contributed by atoms with E-state index in [0.717, 1.165) is 31.9 Å². The van der Waals surface area contributed by atoms with E-state index in [1.807, 2.05) is 0 Å². The second-order valence-electron chi connectivity index (χ2n) is 3.22. The first-order chi connectivity index (χ1) is 6.77. The number of rotatable bonds is 1. The van der Waals surface area contributed by atoms with Crippen LogP contribution < -0.4 is 21.6 Å². The van der Waals surface area contributed by atoms with E-state index in [1.54, 1.807) is 0 Å². The molecule has 76 valence electrons. The second kappa shape index (κ2) is 3.67. The standard InChI is InChI=1S/C8H13N5O/c9-7-6(5-11-8(14)12-7)13-3-1-10-2-4-13/h5,10H,1-4H2,(H3,9,11,12,14). The zero-order chi connectivity index (χ0) is 9.97. The van der Waals surface area contributed by atoms with Gasteiger partial charge >= 0.3 is 5.69 Å². The maximum atomic E-state index is 10.8. The molecule has 0 unspecified atom stereocenters. The SMILES string of the molecule is Nc1[nH]c(=O)ncc1N1CCNCC1. The number of nitrogens with one attached hydrogen (secondary N) is 2. The minimum Gasteiger partial charge on any atom is -0.383 e. The van der Waals surface area contributed by atoms with Crippen LogP contribution in [0.3, 0.4) is 0 Å². The Hall–Kier alpha value is -1.56. The molecule has 1 aliphatic heterocycles. The first kappa shape index (κ1) is 9.01. The Morgan fingerprint density at radius 3 is 2.79 bits per heavy atom. The Balaban J connectivity index is 2.26. The Morgan fingerprint density at radius 2 is 2.14 bits per heavy atom. The molecule has 2 rings (SSSR count). The predicted molar refractivity (Wildman–Crippen MR) is 54.4 cm³/mol. The number of nitrogens with two attached hydrogens (primary N) is 1. The molecule has 0 aliphatic carbocycles. The van der Waals surface area contributed by atoms with Gasteiger partial charge in [0.2, 0.25) is 0 Å². The molecule has 0 spiro atoms. The van der Waals surface area contributed by atoms with Crippen LogP contribution in [0.4, 0.5) is 11.5 Å². The Bertz CT molecular complexity index is 368. The molecule has 1 aromatic heterocycles. The van der Waals surface area contributed by atoms with Crippen molar-refractivity contribution in [1.29, 1.82) is 0 Å². The zero-order valence-corrected chi connectivity index (χ0v) is 7.79. The summed E-state index contributed by atoms with van der Waals surface area (Å²) in [6.07, 6.45) is 1.53. The topological polar surface area (TPSA) is 87.0 Å². The molecule has 14 heavy (non-hydrogen) atoms. The minimum atomic E-state index is -0.401. The number of piperazine rings is 1. The highest BCUT2D eigenvalue weighted by Gasteiger charge is 2.13. The van der Waals surface area contributed by atoms with E-state index in [0.29, 0.717) is 5.82 Å². The van der Waals surface area contributed by atoms with Crippen molar-refractivity contribution in [2.24, 2.45) is 0 Å². The Morgan fingerprint density at radius 1 is 1.43 bits per heavy atom. The molecule has 0 aromatic carbocycles. The fourth-order valence-corrected chi connectivity index (χ4v) is 1.56. The molecule has 1 aromatic rings. The lowest BCUT2D eigenvalue weighted by molar-refractivity contribution is 0.588. The predicted octanol–water partition coefficient (Wildman–Crippen LogP) is -1.24. The van der Waals surface area contributed by atoms with Crippen LogP contribution in [-0.2, 0) is 0 Å². The van der Waals surface area contributed by atoms with Crippen LogP contribution in [0.1, 0.15) is 0 Å². The van der Waals surface area contributed by atoms with Crippen molar-refractivity contribution in [3.05, 3.63) is 16.7 Å². The number of aromatic nitrogens is 2. The number of hydrogen-bond acceptors (Lipinski definition) is 5. The minimum absolute atomic E-state index is 0.395. The maximum absolute atomic E-state index is 10.8. The van der Waals surface area contributed by atoms with Crippen LogP contribution in [0.25, 0.3) is 0 Å². The van der Waals surface area contributed by atoms with E-state index >= 15 is 0 Å². The summed E-state index contributed by atoms with van der Waals surface area (Å²) in [4.78, 5) is 19.1. The average Bonchev–Trinajstić information content (AvgIpc) is 2.19. The van der Waals surface area contributed by atoms with Crippen LogP contribution in [0.5, 0.6) is 0 Å². The van der Waals surface area contributed by atoms with Gasteiger partial charge in [0.15, 0.2) is 0 Å². The van der Waals surface area contributed by atoms with Gasteiger partial charge in [0, 0.05) is 26.2 Å². The van der Waals surface area contributed by atoms with Gasteiger partial charge in [-0.1, -0.05) is 0 Å². The average molecular weight is 195 g/mol. The fourth-order valence-electron chi connectivity index (χ4n) is 1.56. The molecule has 0 atom stereocenters. The molecule has 0 radical (unpaired) electrons. The zero-order valence-electron chi connectivity index (χ0n) is 7.79.